The Bertz CT molecular complexity index is 822. The lowest BCUT2D eigenvalue weighted by atomic mass is 9.88. The van der Waals surface area contributed by atoms with E-state index in [1.54, 1.807) is 13.4 Å². The number of methoxy groups -OCH3 is 1. The summed E-state index contributed by atoms with van der Waals surface area (Å²) in [7, 11) is 1.64. The summed E-state index contributed by atoms with van der Waals surface area (Å²) in [6.07, 6.45) is 7.86. The molecule has 2 aromatic heterocycles. The van der Waals surface area contributed by atoms with Crippen molar-refractivity contribution < 1.29 is 4.74 Å². The summed E-state index contributed by atoms with van der Waals surface area (Å²) in [6.45, 7) is 0.781. The first-order valence-electron chi connectivity index (χ1n) is 8.66. The van der Waals surface area contributed by atoms with E-state index in [9.17, 15) is 0 Å². The fraction of sp³-hybridized carbons (Fsp3) is 0.421. The van der Waals surface area contributed by atoms with Crippen LogP contribution >= 0.6 is 0 Å². The molecule has 3 aromatic rings. The van der Waals surface area contributed by atoms with E-state index in [4.69, 9.17) is 9.72 Å². The lowest BCUT2D eigenvalue weighted by Crippen LogP contribution is -2.13. The van der Waals surface area contributed by atoms with Crippen molar-refractivity contribution in [1.82, 2.24) is 19.5 Å². The fourth-order valence-electron chi connectivity index (χ4n) is 3.68. The molecule has 1 fully saturated rings. The van der Waals surface area contributed by atoms with Crippen molar-refractivity contribution in [3.8, 4) is 5.88 Å². The molecule has 124 valence electrons. The molecular formula is C19H22N4O. The highest BCUT2D eigenvalue weighted by atomic mass is 16.5. The molecule has 0 spiro atoms. The smallest absolute Gasteiger partial charge is 0.245 e. The molecule has 1 aliphatic carbocycles. The van der Waals surface area contributed by atoms with Gasteiger partial charge in [0.25, 0.3) is 0 Å². The number of benzene rings is 1. The van der Waals surface area contributed by atoms with Gasteiger partial charge in [-0.05, 0) is 18.4 Å². The molecule has 0 unspecified atom stereocenters. The maximum atomic E-state index is 5.41. The minimum absolute atomic E-state index is 0.501. The Labute approximate surface area is 141 Å². The van der Waals surface area contributed by atoms with Crippen LogP contribution in [0, 0.1) is 0 Å². The molecule has 2 heterocycles. The number of fused-ring (bicyclic) bond motifs is 1. The summed E-state index contributed by atoms with van der Waals surface area (Å²) in [6, 6.07) is 10.5. The van der Waals surface area contributed by atoms with Crippen LogP contribution in [0.15, 0.2) is 36.7 Å². The van der Waals surface area contributed by atoms with Crippen LogP contribution in [0.1, 0.15) is 49.4 Å². The van der Waals surface area contributed by atoms with E-state index in [0.29, 0.717) is 11.8 Å². The molecule has 0 atom stereocenters. The zero-order valence-corrected chi connectivity index (χ0v) is 14.0. The van der Waals surface area contributed by atoms with Gasteiger partial charge in [-0.1, -0.05) is 49.6 Å². The van der Waals surface area contributed by atoms with Crippen LogP contribution in [0.4, 0.5) is 0 Å². The summed E-state index contributed by atoms with van der Waals surface area (Å²) in [5.41, 5.74) is 2.90. The van der Waals surface area contributed by atoms with E-state index in [1.165, 1.54) is 37.7 Å². The maximum absolute atomic E-state index is 5.41. The Morgan fingerprint density at radius 1 is 1.08 bits per heavy atom. The van der Waals surface area contributed by atoms with Gasteiger partial charge >= 0.3 is 0 Å². The minimum Gasteiger partial charge on any atom is -0.479 e. The Morgan fingerprint density at radius 3 is 2.62 bits per heavy atom. The molecule has 4 rings (SSSR count). The molecule has 0 amide bonds. The number of hydrogen-bond donors (Lipinski definition) is 0. The average molecular weight is 322 g/mol. The van der Waals surface area contributed by atoms with Gasteiger partial charge in [0, 0.05) is 5.92 Å². The Hall–Kier alpha value is -2.43. The molecule has 24 heavy (non-hydrogen) atoms. The van der Waals surface area contributed by atoms with Gasteiger partial charge in [0.1, 0.15) is 12.2 Å². The molecule has 1 aliphatic rings. The second kappa shape index (κ2) is 6.59. The van der Waals surface area contributed by atoms with Gasteiger partial charge in [-0.2, -0.15) is 4.98 Å². The first kappa shape index (κ1) is 15.1. The summed E-state index contributed by atoms with van der Waals surface area (Å²) in [4.78, 5) is 13.6. The van der Waals surface area contributed by atoms with Crippen LogP contribution < -0.4 is 4.74 Å². The Kier molecular flexibility index (Phi) is 4.15. The average Bonchev–Trinajstić information content (AvgIpc) is 3.02. The van der Waals surface area contributed by atoms with E-state index in [2.05, 4.69) is 38.8 Å². The van der Waals surface area contributed by atoms with Crippen LogP contribution in [0.5, 0.6) is 5.88 Å². The largest absolute Gasteiger partial charge is 0.479 e. The minimum atomic E-state index is 0.501. The molecule has 1 aromatic carbocycles. The van der Waals surface area contributed by atoms with Crippen LogP contribution in [0.25, 0.3) is 11.2 Å². The maximum Gasteiger partial charge on any atom is 0.245 e. The third-order valence-corrected chi connectivity index (χ3v) is 4.88. The van der Waals surface area contributed by atoms with Crippen molar-refractivity contribution in [2.75, 3.05) is 7.11 Å². The zero-order chi connectivity index (χ0) is 16.4. The number of imidazole rings is 1. The molecule has 5 heteroatoms. The van der Waals surface area contributed by atoms with Crippen molar-refractivity contribution in [2.45, 2.75) is 44.6 Å². The van der Waals surface area contributed by atoms with Crippen LogP contribution in [0.2, 0.25) is 0 Å². The SMILES string of the molecule is COc1ncnc2c1nc(C1CCCCC1)n2Cc1ccccc1. The van der Waals surface area contributed by atoms with Crippen molar-refractivity contribution >= 4 is 11.2 Å². The molecule has 0 aliphatic heterocycles. The molecule has 0 bridgehead atoms. The predicted molar refractivity (Wildman–Crippen MR) is 93.2 cm³/mol. The first-order valence-corrected chi connectivity index (χ1v) is 8.66. The Balaban J connectivity index is 1.84. The summed E-state index contributed by atoms with van der Waals surface area (Å²) in [5, 5.41) is 0. The lowest BCUT2D eigenvalue weighted by Gasteiger charge is -2.22. The number of aromatic nitrogens is 4. The number of rotatable bonds is 4. The summed E-state index contributed by atoms with van der Waals surface area (Å²) < 4.78 is 7.66. The van der Waals surface area contributed by atoms with Crippen LogP contribution in [-0.2, 0) is 6.54 Å². The topological polar surface area (TPSA) is 52.8 Å². The van der Waals surface area contributed by atoms with Gasteiger partial charge in [-0.15, -0.1) is 0 Å². The highest BCUT2D eigenvalue weighted by Gasteiger charge is 2.24. The summed E-state index contributed by atoms with van der Waals surface area (Å²) >= 11 is 0. The van der Waals surface area contributed by atoms with Crippen molar-refractivity contribution in [1.29, 1.82) is 0 Å². The van der Waals surface area contributed by atoms with E-state index in [-0.39, 0.29) is 0 Å². The molecule has 5 nitrogen and oxygen atoms in total. The molecule has 0 saturated heterocycles. The third-order valence-electron chi connectivity index (χ3n) is 4.88. The standard InChI is InChI=1S/C19H22N4O/c1-24-19-16-18(20-13-21-19)23(12-14-8-4-2-5-9-14)17(22-16)15-10-6-3-7-11-15/h2,4-5,8-9,13,15H,3,6-7,10-12H2,1H3. The van der Waals surface area contributed by atoms with Crippen LogP contribution in [-0.4, -0.2) is 26.6 Å². The third kappa shape index (κ3) is 2.75. The molecule has 0 radical (unpaired) electrons. The van der Waals surface area contributed by atoms with Gasteiger partial charge in [-0.25, -0.2) is 9.97 Å². The second-order valence-corrected chi connectivity index (χ2v) is 6.43. The van der Waals surface area contributed by atoms with Crippen molar-refractivity contribution in [3.63, 3.8) is 0 Å². The number of hydrogen-bond acceptors (Lipinski definition) is 4. The van der Waals surface area contributed by atoms with Gasteiger partial charge in [0.15, 0.2) is 11.2 Å². The number of ether oxygens (including phenoxy) is 1. The lowest BCUT2D eigenvalue weighted by molar-refractivity contribution is 0.401. The summed E-state index contributed by atoms with van der Waals surface area (Å²) in [5.74, 6) is 2.19. The number of nitrogens with zero attached hydrogens (tertiary/aromatic N) is 4. The van der Waals surface area contributed by atoms with Crippen molar-refractivity contribution in [2.24, 2.45) is 0 Å². The van der Waals surface area contributed by atoms with Gasteiger partial charge in [-0.3, -0.25) is 0 Å². The Morgan fingerprint density at radius 2 is 1.88 bits per heavy atom. The molecular weight excluding hydrogens is 300 g/mol. The highest BCUT2D eigenvalue weighted by molar-refractivity contribution is 5.77. The fourth-order valence-corrected chi connectivity index (χ4v) is 3.68. The van der Waals surface area contributed by atoms with E-state index < -0.39 is 0 Å². The predicted octanol–water partition coefficient (Wildman–Crippen LogP) is 3.93. The van der Waals surface area contributed by atoms with E-state index in [1.807, 2.05) is 6.07 Å². The molecule has 1 saturated carbocycles. The highest BCUT2D eigenvalue weighted by Crippen LogP contribution is 2.35. The molecule has 0 N–H and O–H groups in total. The van der Waals surface area contributed by atoms with Crippen molar-refractivity contribution in [3.05, 3.63) is 48.0 Å². The normalized spacial score (nSPS) is 15.7. The second-order valence-electron chi connectivity index (χ2n) is 6.43. The monoisotopic (exact) mass is 322 g/mol. The quantitative estimate of drug-likeness (QED) is 0.730. The van der Waals surface area contributed by atoms with E-state index >= 15 is 0 Å². The van der Waals surface area contributed by atoms with Gasteiger partial charge in [0.2, 0.25) is 5.88 Å². The first-order chi connectivity index (χ1) is 11.9. The van der Waals surface area contributed by atoms with Gasteiger partial charge in [0.05, 0.1) is 13.7 Å². The zero-order valence-electron chi connectivity index (χ0n) is 14.0. The van der Waals surface area contributed by atoms with Crippen LogP contribution in [0.3, 0.4) is 0 Å². The van der Waals surface area contributed by atoms with Gasteiger partial charge < -0.3 is 9.30 Å². The van der Waals surface area contributed by atoms with E-state index in [0.717, 1.165) is 23.5 Å².